The van der Waals surface area contributed by atoms with Crippen LogP contribution in [0.1, 0.15) is 46.6 Å². The standard InChI is InChI=1S/C25H36N2O5S/c1-7-23(27(33(6,29)30)20-11-15-21(16-12-20)31-8-2)24(28)26-17-18-32-22-13-9-19(10-14-22)25(3,4)5/h9-16,23H,7-8,17-18H2,1-6H3,(H,26,28)/t23-/m1/s1. The van der Waals surface area contributed by atoms with E-state index in [0.717, 1.165) is 16.3 Å². The summed E-state index contributed by atoms with van der Waals surface area (Å²) in [5.74, 6) is 0.986. The molecule has 0 saturated carbocycles. The molecule has 0 unspecified atom stereocenters. The van der Waals surface area contributed by atoms with Gasteiger partial charge < -0.3 is 14.8 Å². The molecule has 2 rings (SSSR count). The molecule has 1 atom stereocenters. The first-order valence-corrected chi connectivity index (χ1v) is 13.1. The molecule has 1 amide bonds. The minimum Gasteiger partial charge on any atom is -0.494 e. The average Bonchev–Trinajstić information content (AvgIpc) is 2.74. The summed E-state index contributed by atoms with van der Waals surface area (Å²) in [6.45, 7) is 11.2. The Morgan fingerprint density at radius 3 is 2.00 bits per heavy atom. The van der Waals surface area contributed by atoms with Crippen molar-refractivity contribution in [2.24, 2.45) is 0 Å². The lowest BCUT2D eigenvalue weighted by atomic mass is 9.87. The summed E-state index contributed by atoms with van der Waals surface area (Å²) in [6, 6.07) is 13.7. The van der Waals surface area contributed by atoms with Crippen LogP contribution in [0.4, 0.5) is 5.69 Å². The number of anilines is 1. The number of rotatable bonds is 11. The van der Waals surface area contributed by atoms with Gasteiger partial charge in [0.05, 0.1) is 25.1 Å². The van der Waals surface area contributed by atoms with Gasteiger partial charge in [-0.2, -0.15) is 0 Å². The largest absolute Gasteiger partial charge is 0.494 e. The number of hydrogen-bond acceptors (Lipinski definition) is 5. The van der Waals surface area contributed by atoms with E-state index in [1.54, 1.807) is 31.2 Å². The molecule has 0 radical (unpaired) electrons. The number of carbonyl (C=O) groups excluding carboxylic acids is 1. The van der Waals surface area contributed by atoms with Crippen LogP contribution in [-0.2, 0) is 20.2 Å². The summed E-state index contributed by atoms with van der Waals surface area (Å²) in [6.07, 6.45) is 1.42. The molecule has 0 fully saturated rings. The Kier molecular flexibility index (Phi) is 9.16. The van der Waals surface area contributed by atoms with Gasteiger partial charge in [0.15, 0.2) is 0 Å². The monoisotopic (exact) mass is 476 g/mol. The normalized spacial score (nSPS) is 12.7. The second-order valence-electron chi connectivity index (χ2n) is 8.82. The fourth-order valence-corrected chi connectivity index (χ4v) is 4.64. The Morgan fingerprint density at radius 1 is 0.970 bits per heavy atom. The maximum Gasteiger partial charge on any atom is 0.244 e. The molecule has 1 N–H and O–H groups in total. The molecule has 0 aromatic heterocycles. The van der Waals surface area contributed by atoms with E-state index in [9.17, 15) is 13.2 Å². The first kappa shape index (κ1) is 26.5. The Labute approximate surface area is 198 Å². The van der Waals surface area contributed by atoms with Crippen molar-refractivity contribution >= 4 is 21.6 Å². The van der Waals surface area contributed by atoms with Crippen molar-refractivity contribution < 1.29 is 22.7 Å². The van der Waals surface area contributed by atoms with Crippen LogP contribution in [0.15, 0.2) is 48.5 Å². The van der Waals surface area contributed by atoms with Crippen LogP contribution in [0, 0.1) is 0 Å². The number of hydrogen-bond donors (Lipinski definition) is 1. The summed E-state index contributed by atoms with van der Waals surface area (Å²) in [5, 5.41) is 2.80. The molecule has 0 aliphatic heterocycles. The van der Waals surface area contributed by atoms with E-state index in [1.165, 1.54) is 5.56 Å². The topological polar surface area (TPSA) is 84.9 Å². The van der Waals surface area contributed by atoms with Crippen molar-refractivity contribution in [3.05, 3.63) is 54.1 Å². The van der Waals surface area contributed by atoms with Crippen LogP contribution >= 0.6 is 0 Å². The molecule has 0 heterocycles. The van der Waals surface area contributed by atoms with Crippen LogP contribution in [-0.4, -0.2) is 46.4 Å². The molecular formula is C25H36N2O5S. The van der Waals surface area contributed by atoms with Gasteiger partial charge in [0.2, 0.25) is 15.9 Å². The lowest BCUT2D eigenvalue weighted by Crippen LogP contribution is -2.50. The van der Waals surface area contributed by atoms with E-state index < -0.39 is 16.1 Å². The predicted molar refractivity (Wildman–Crippen MR) is 133 cm³/mol. The number of nitrogens with one attached hydrogen (secondary N) is 1. The SMILES string of the molecule is CCOc1ccc(N([C@H](CC)C(=O)NCCOc2ccc(C(C)(C)C)cc2)S(C)(=O)=O)cc1. The Morgan fingerprint density at radius 2 is 1.52 bits per heavy atom. The number of carbonyl (C=O) groups is 1. The predicted octanol–water partition coefficient (Wildman–Crippen LogP) is 4.12. The molecule has 2 aromatic rings. The summed E-state index contributed by atoms with van der Waals surface area (Å²) in [4.78, 5) is 12.9. The van der Waals surface area contributed by atoms with Gasteiger partial charge in [-0.3, -0.25) is 9.10 Å². The van der Waals surface area contributed by atoms with Gasteiger partial charge in [0.25, 0.3) is 0 Å². The molecule has 7 nitrogen and oxygen atoms in total. The van der Waals surface area contributed by atoms with Gasteiger partial charge in [0, 0.05) is 0 Å². The number of benzene rings is 2. The molecule has 0 aliphatic carbocycles. The van der Waals surface area contributed by atoms with Crippen LogP contribution in [0.3, 0.4) is 0 Å². The van der Waals surface area contributed by atoms with Crippen molar-refractivity contribution in [3.8, 4) is 11.5 Å². The molecule has 182 valence electrons. The number of sulfonamides is 1. The fourth-order valence-electron chi connectivity index (χ4n) is 3.43. The summed E-state index contributed by atoms with van der Waals surface area (Å²) < 4.78 is 37.4. The summed E-state index contributed by atoms with van der Waals surface area (Å²) in [7, 11) is -3.69. The first-order valence-electron chi connectivity index (χ1n) is 11.2. The zero-order valence-electron chi connectivity index (χ0n) is 20.4. The molecule has 8 heteroatoms. The van der Waals surface area contributed by atoms with Crippen LogP contribution in [0.25, 0.3) is 0 Å². The van der Waals surface area contributed by atoms with Gasteiger partial charge in [0.1, 0.15) is 24.1 Å². The molecule has 0 saturated heterocycles. The third-order valence-electron chi connectivity index (χ3n) is 5.12. The second-order valence-corrected chi connectivity index (χ2v) is 10.7. The molecule has 2 aromatic carbocycles. The lowest BCUT2D eigenvalue weighted by Gasteiger charge is -2.30. The van der Waals surface area contributed by atoms with E-state index in [0.29, 0.717) is 24.5 Å². The summed E-state index contributed by atoms with van der Waals surface area (Å²) in [5.41, 5.74) is 1.69. The van der Waals surface area contributed by atoms with Crippen molar-refractivity contribution in [2.45, 2.75) is 52.5 Å². The van der Waals surface area contributed by atoms with Crippen molar-refractivity contribution in [1.82, 2.24) is 5.32 Å². The van der Waals surface area contributed by atoms with Crippen LogP contribution in [0.5, 0.6) is 11.5 Å². The smallest absolute Gasteiger partial charge is 0.244 e. The van der Waals surface area contributed by atoms with Gasteiger partial charge >= 0.3 is 0 Å². The zero-order chi connectivity index (χ0) is 24.6. The third kappa shape index (κ3) is 7.67. The average molecular weight is 477 g/mol. The Balaban J connectivity index is 2.01. The quantitative estimate of drug-likeness (QED) is 0.493. The highest BCUT2D eigenvalue weighted by atomic mass is 32.2. The van der Waals surface area contributed by atoms with E-state index in [-0.39, 0.29) is 24.5 Å². The first-order chi connectivity index (χ1) is 15.5. The van der Waals surface area contributed by atoms with Crippen molar-refractivity contribution in [3.63, 3.8) is 0 Å². The highest BCUT2D eigenvalue weighted by molar-refractivity contribution is 7.92. The summed E-state index contributed by atoms with van der Waals surface area (Å²) >= 11 is 0. The van der Waals surface area contributed by atoms with Crippen LogP contribution in [0.2, 0.25) is 0 Å². The van der Waals surface area contributed by atoms with Crippen molar-refractivity contribution in [2.75, 3.05) is 30.3 Å². The maximum absolute atomic E-state index is 12.9. The number of amides is 1. The molecule has 0 aliphatic rings. The van der Waals surface area contributed by atoms with Crippen molar-refractivity contribution in [1.29, 1.82) is 0 Å². The minimum absolute atomic E-state index is 0.0660. The Bertz CT molecular complexity index is 997. The van der Waals surface area contributed by atoms with Gasteiger partial charge in [-0.1, -0.05) is 39.8 Å². The second kappa shape index (κ2) is 11.4. The number of ether oxygens (including phenoxy) is 2. The highest BCUT2D eigenvalue weighted by Gasteiger charge is 2.31. The van der Waals surface area contributed by atoms with E-state index in [2.05, 4.69) is 26.1 Å². The van der Waals surface area contributed by atoms with Crippen LogP contribution < -0.4 is 19.1 Å². The molecule has 0 bridgehead atoms. The van der Waals surface area contributed by atoms with E-state index in [4.69, 9.17) is 9.47 Å². The molecule has 33 heavy (non-hydrogen) atoms. The number of nitrogens with zero attached hydrogens (tertiary/aromatic N) is 1. The van der Waals surface area contributed by atoms with Gasteiger partial charge in [-0.15, -0.1) is 0 Å². The third-order valence-corrected chi connectivity index (χ3v) is 6.30. The fraction of sp³-hybridized carbons (Fsp3) is 0.480. The van der Waals surface area contributed by atoms with Gasteiger partial charge in [-0.05, 0) is 60.7 Å². The highest BCUT2D eigenvalue weighted by Crippen LogP contribution is 2.26. The zero-order valence-corrected chi connectivity index (χ0v) is 21.2. The maximum atomic E-state index is 12.9. The van der Waals surface area contributed by atoms with E-state index in [1.807, 2.05) is 31.2 Å². The lowest BCUT2D eigenvalue weighted by molar-refractivity contribution is -0.122. The molecule has 0 spiro atoms. The van der Waals surface area contributed by atoms with Gasteiger partial charge in [-0.25, -0.2) is 8.42 Å². The Hall–Kier alpha value is -2.74. The molecular weight excluding hydrogens is 440 g/mol. The minimum atomic E-state index is -3.69. The van der Waals surface area contributed by atoms with E-state index >= 15 is 0 Å².